The molecule has 2 heterocycles. The first kappa shape index (κ1) is 30.2. The van der Waals surface area contributed by atoms with Gasteiger partial charge in [-0.1, -0.05) is 24.0 Å². The number of phenols is 1. The van der Waals surface area contributed by atoms with Crippen LogP contribution in [0.2, 0.25) is 0 Å². The molecule has 0 spiro atoms. The Bertz CT molecular complexity index is 1770. The molecule has 5 rings (SSSR count). The molecule has 44 heavy (non-hydrogen) atoms. The van der Waals surface area contributed by atoms with Crippen LogP contribution in [0.5, 0.6) is 5.75 Å². The molecule has 0 unspecified atom stereocenters. The topological polar surface area (TPSA) is 125 Å². The van der Waals surface area contributed by atoms with Gasteiger partial charge in [0.05, 0.1) is 18.3 Å². The van der Waals surface area contributed by atoms with E-state index in [1.54, 1.807) is 46.9 Å². The summed E-state index contributed by atoms with van der Waals surface area (Å²) in [5.41, 5.74) is 5.61. The van der Waals surface area contributed by atoms with Gasteiger partial charge >= 0.3 is 0 Å². The Morgan fingerprint density at radius 3 is 2.55 bits per heavy atom. The molecule has 0 saturated carbocycles. The first-order valence-corrected chi connectivity index (χ1v) is 15.1. The number of phenolic OH excluding ortho intramolecular Hbond substituents is 1. The van der Waals surface area contributed by atoms with Gasteiger partial charge in [-0.05, 0) is 84.6 Å². The number of anilines is 1. The zero-order valence-electron chi connectivity index (χ0n) is 24.2. The number of aromatic nitrogens is 4. The average Bonchev–Trinajstić information content (AvgIpc) is 3.71. The summed E-state index contributed by atoms with van der Waals surface area (Å²) >= 11 is 1.62. The molecule has 222 valence electrons. The van der Waals surface area contributed by atoms with Gasteiger partial charge in [-0.3, -0.25) is 19.4 Å². The van der Waals surface area contributed by atoms with Crippen molar-refractivity contribution in [3.63, 3.8) is 0 Å². The van der Waals surface area contributed by atoms with Crippen LogP contribution in [-0.2, 0) is 30.4 Å². The Hall–Kier alpha value is -5.27. The highest BCUT2D eigenvalue weighted by molar-refractivity contribution is 7.98. The first-order valence-electron chi connectivity index (χ1n) is 14.1. The molecule has 0 fully saturated rings. The fraction of sp³-hybridized carbons (Fsp3) is 0.176. The third kappa shape index (κ3) is 8.86. The maximum atomic E-state index is 12.9. The molecule has 3 aromatic carbocycles. The number of hydrogen-bond acceptors (Lipinski definition) is 6. The van der Waals surface area contributed by atoms with Crippen LogP contribution in [0.25, 0.3) is 0 Å². The summed E-state index contributed by atoms with van der Waals surface area (Å²) in [6.07, 6.45) is 7.40. The van der Waals surface area contributed by atoms with Gasteiger partial charge in [-0.25, -0.2) is 0 Å². The van der Waals surface area contributed by atoms with Gasteiger partial charge in [-0.15, -0.1) is 11.8 Å². The minimum Gasteiger partial charge on any atom is -0.508 e. The van der Waals surface area contributed by atoms with Gasteiger partial charge < -0.3 is 15.7 Å². The summed E-state index contributed by atoms with van der Waals surface area (Å²) in [6, 6.07) is 21.4. The Morgan fingerprint density at radius 1 is 1.00 bits per heavy atom. The number of H-pyrrole nitrogens is 1. The van der Waals surface area contributed by atoms with Crippen molar-refractivity contribution in [3.8, 4) is 17.6 Å². The van der Waals surface area contributed by atoms with Crippen molar-refractivity contribution in [3.05, 3.63) is 125 Å². The summed E-state index contributed by atoms with van der Waals surface area (Å²) in [7, 11) is 1.89. The predicted molar refractivity (Wildman–Crippen MR) is 171 cm³/mol. The normalized spacial score (nSPS) is 10.6. The first-order chi connectivity index (χ1) is 21.4. The van der Waals surface area contributed by atoms with Crippen LogP contribution < -0.4 is 10.6 Å². The van der Waals surface area contributed by atoms with Crippen molar-refractivity contribution in [2.45, 2.75) is 29.9 Å². The molecular weight excluding hydrogens is 572 g/mol. The molecule has 2 amide bonds. The Kier molecular flexibility index (Phi) is 10.1. The van der Waals surface area contributed by atoms with Gasteiger partial charge in [0.2, 0.25) is 5.91 Å². The largest absolute Gasteiger partial charge is 0.508 e. The fourth-order valence-electron chi connectivity index (χ4n) is 4.38. The number of nitrogens with one attached hydrogen (secondary N) is 3. The monoisotopic (exact) mass is 604 g/mol. The molecule has 0 aliphatic heterocycles. The third-order valence-corrected chi connectivity index (χ3v) is 7.79. The number of aromatic hydroxyl groups is 1. The van der Waals surface area contributed by atoms with Crippen LogP contribution in [0.4, 0.5) is 5.69 Å². The van der Waals surface area contributed by atoms with Crippen molar-refractivity contribution in [2.75, 3.05) is 11.9 Å². The molecule has 10 heteroatoms. The van der Waals surface area contributed by atoms with E-state index in [0.717, 1.165) is 45.7 Å². The van der Waals surface area contributed by atoms with Gasteiger partial charge in [-0.2, -0.15) is 10.2 Å². The molecule has 5 aromatic rings. The lowest BCUT2D eigenvalue weighted by atomic mass is 10.1. The maximum absolute atomic E-state index is 12.9. The highest BCUT2D eigenvalue weighted by atomic mass is 32.2. The van der Waals surface area contributed by atoms with E-state index >= 15 is 0 Å². The van der Waals surface area contributed by atoms with Gasteiger partial charge in [0, 0.05) is 59.0 Å². The van der Waals surface area contributed by atoms with Crippen molar-refractivity contribution in [1.82, 2.24) is 25.3 Å². The minimum absolute atomic E-state index is 0.145. The highest BCUT2D eigenvalue weighted by Crippen LogP contribution is 2.27. The van der Waals surface area contributed by atoms with Crippen LogP contribution in [0.1, 0.15) is 44.7 Å². The van der Waals surface area contributed by atoms with E-state index in [1.165, 1.54) is 0 Å². The van der Waals surface area contributed by atoms with Gasteiger partial charge in [0.15, 0.2) is 0 Å². The summed E-state index contributed by atoms with van der Waals surface area (Å²) in [5.74, 6) is 7.00. The number of aromatic amines is 1. The number of nitrogens with zero attached hydrogens (tertiary/aromatic N) is 3. The van der Waals surface area contributed by atoms with Crippen molar-refractivity contribution < 1.29 is 14.7 Å². The Labute approximate surface area is 260 Å². The highest BCUT2D eigenvalue weighted by Gasteiger charge is 2.11. The lowest BCUT2D eigenvalue weighted by molar-refractivity contribution is -0.115. The zero-order valence-corrected chi connectivity index (χ0v) is 25.0. The van der Waals surface area contributed by atoms with Gasteiger partial charge in [0.1, 0.15) is 5.75 Å². The minimum atomic E-state index is -0.152. The molecule has 0 bridgehead atoms. The van der Waals surface area contributed by atoms with Crippen LogP contribution in [0, 0.1) is 11.8 Å². The summed E-state index contributed by atoms with van der Waals surface area (Å²) < 4.78 is 1.77. The van der Waals surface area contributed by atoms with Gasteiger partial charge in [0.25, 0.3) is 5.91 Å². The number of carbonyl (C=O) groups excluding carboxylic acids is 2. The average molecular weight is 605 g/mol. The molecule has 9 nitrogen and oxygen atoms in total. The van der Waals surface area contributed by atoms with Crippen LogP contribution in [0.15, 0.2) is 96.3 Å². The van der Waals surface area contributed by atoms with Crippen LogP contribution in [-0.4, -0.2) is 43.4 Å². The maximum Gasteiger partial charge on any atom is 0.251 e. The molecular formula is C34H32N6O3S. The fourth-order valence-corrected chi connectivity index (χ4v) is 5.27. The van der Waals surface area contributed by atoms with E-state index in [4.69, 9.17) is 0 Å². The van der Waals surface area contributed by atoms with Crippen molar-refractivity contribution in [1.29, 1.82) is 0 Å². The standard InChI is InChI=1S/C34H32N6O3S/c1-40-18-16-30(39-40)23-44-32-15-10-28(34(43)35-17-2-3-26-21-36-37-22-26)20-27(32)9-4-24-5-11-29(12-6-24)38-33(42)19-25-7-13-31(41)14-8-25/h5-8,10-16,18,20-22,41H,2-3,17,19,23H2,1H3,(H,35,43)(H,36,37)(H,38,42). The second-order valence-corrected chi connectivity index (χ2v) is 11.2. The smallest absolute Gasteiger partial charge is 0.251 e. The quantitative estimate of drug-likeness (QED) is 0.0947. The Morgan fingerprint density at radius 2 is 1.82 bits per heavy atom. The van der Waals surface area contributed by atoms with E-state index in [-0.39, 0.29) is 24.0 Å². The zero-order chi connectivity index (χ0) is 30.7. The summed E-state index contributed by atoms with van der Waals surface area (Å²) in [6.45, 7) is 0.555. The molecule has 4 N–H and O–H groups in total. The molecule has 0 radical (unpaired) electrons. The summed E-state index contributed by atoms with van der Waals surface area (Å²) in [4.78, 5) is 26.3. The number of aryl methyl sites for hydroxylation is 2. The number of benzene rings is 3. The van der Waals surface area contributed by atoms with E-state index in [9.17, 15) is 14.7 Å². The van der Waals surface area contributed by atoms with Crippen molar-refractivity contribution in [2.24, 2.45) is 7.05 Å². The molecule has 0 saturated heterocycles. The molecule has 0 aliphatic rings. The lowest BCUT2D eigenvalue weighted by Crippen LogP contribution is -2.24. The molecule has 2 aromatic heterocycles. The number of rotatable bonds is 11. The van der Waals surface area contributed by atoms with E-state index < -0.39 is 0 Å². The predicted octanol–water partition coefficient (Wildman–Crippen LogP) is 5.08. The van der Waals surface area contributed by atoms with E-state index in [1.807, 2.05) is 68.0 Å². The third-order valence-electron chi connectivity index (χ3n) is 6.68. The second kappa shape index (κ2) is 14.8. The molecule has 0 atom stereocenters. The second-order valence-electron chi connectivity index (χ2n) is 10.2. The van der Waals surface area contributed by atoms with Crippen LogP contribution >= 0.6 is 11.8 Å². The number of amides is 2. The summed E-state index contributed by atoms with van der Waals surface area (Å²) in [5, 5.41) is 26.5. The van der Waals surface area contributed by atoms with Crippen LogP contribution in [0.3, 0.4) is 0 Å². The number of carbonyl (C=O) groups is 2. The lowest BCUT2D eigenvalue weighted by Gasteiger charge is -2.09. The Balaban J connectivity index is 1.25. The number of thioether (sulfide) groups is 1. The van der Waals surface area contributed by atoms with Crippen molar-refractivity contribution >= 4 is 29.3 Å². The SMILES string of the molecule is Cn1ccc(CSc2ccc(C(=O)NCCCc3cn[nH]c3)cc2C#Cc2ccc(NC(=O)Cc3ccc(O)cc3)cc2)n1. The van der Waals surface area contributed by atoms with E-state index in [0.29, 0.717) is 23.5 Å². The molecule has 0 aliphatic carbocycles. The van der Waals surface area contributed by atoms with E-state index in [2.05, 4.69) is 37.8 Å². The number of hydrogen-bond donors (Lipinski definition) is 4.